The van der Waals surface area contributed by atoms with E-state index in [4.69, 9.17) is 9.40 Å². The van der Waals surface area contributed by atoms with Gasteiger partial charge in [0, 0.05) is 24.2 Å². The molecular weight excluding hydrogens is 354 g/mol. The van der Waals surface area contributed by atoms with Crippen molar-refractivity contribution in [1.29, 1.82) is 0 Å². The highest BCUT2D eigenvalue weighted by Crippen LogP contribution is 2.30. The van der Waals surface area contributed by atoms with Gasteiger partial charge in [0.2, 0.25) is 0 Å². The molecule has 1 aliphatic rings. The first kappa shape index (κ1) is 18.7. The summed E-state index contributed by atoms with van der Waals surface area (Å²) in [7, 11) is 0. The molecule has 0 aromatic carbocycles. The molecule has 3 aromatic rings. The van der Waals surface area contributed by atoms with Crippen LogP contribution in [-0.2, 0) is 0 Å². The van der Waals surface area contributed by atoms with E-state index >= 15 is 0 Å². The zero-order valence-corrected chi connectivity index (χ0v) is 16.9. The lowest BCUT2D eigenvalue weighted by Gasteiger charge is -2.24. The summed E-state index contributed by atoms with van der Waals surface area (Å²) in [5.74, 6) is 1.54. The minimum absolute atomic E-state index is 0.0801. The fourth-order valence-electron chi connectivity index (χ4n) is 3.85. The summed E-state index contributed by atoms with van der Waals surface area (Å²) < 4.78 is 7.55. The molecule has 4 rings (SSSR count). The van der Waals surface area contributed by atoms with Crippen LogP contribution in [0.4, 0.5) is 0 Å². The number of hydrogen-bond acceptors (Lipinski definition) is 5. The highest BCUT2D eigenvalue weighted by Gasteiger charge is 2.22. The zero-order valence-electron chi connectivity index (χ0n) is 16.9. The molecule has 0 saturated carbocycles. The summed E-state index contributed by atoms with van der Waals surface area (Å²) in [4.78, 5) is 18.0. The molecule has 148 valence electrons. The number of nitrogens with zero attached hydrogens (tertiary/aromatic N) is 3. The Morgan fingerprint density at radius 2 is 2.18 bits per heavy atom. The lowest BCUT2D eigenvalue weighted by molar-refractivity contribution is 0.0932. The summed E-state index contributed by atoms with van der Waals surface area (Å²) in [6, 6.07) is 4.11. The van der Waals surface area contributed by atoms with Gasteiger partial charge in [-0.25, -0.2) is 9.67 Å². The van der Waals surface area contributed by atoms with E-state index in [1.165, 1.54) is 0 Å². The average molecular weight is 381 g/mol. The molecule has 4 heterocycles. The molecule has 1 saturated heterocycles. The molecule has 7 nitrogen and oxygen atoms in total. The lowest BCUT2D eigenvalue weighted by atomic mass is 10.0. The number of amides is 1. The van der Waals surface area contributed by atoms with Gasteiger partial charge in [0.05, 0.1) is 22.8 Å². The topological polar surface area (TPSA) is 85.0 Å². The van der Waals surface area contributed by atoms with Crippen molar-refractivity contribution >= 4 is 16.9 Å². The van der Waals surface area contributed by atoms with Crippen LogP contribution in [0.1, 0.15) is 54.6 Å². The van der Waals surface area contributed by atoms with Crippen LogP contribution in [0, 0.1) is 13.8 Å². The van der Waals surface area contributed by atoms with E-state index in [0.717, 1.165) is 59.7 Å². The van der Waals surface area contributed by atoms with Crippen LogP contribution in [0.3, 0.4) is 0 Å². The summed E-state index contributed by atoms with van der Waals surface area (Å²) in [5, 5.41) is 11.8. The first-order valence-corrected chi connectivity index (χ1v) is 9.91. The number of nitrogens with one attached hydrogen (secondary N) is 2. The molecule has 1 atom stereocenters. The van der Waals surface area contributed by atoms with E-state index < -0.39 is 0 Å². The predicted octanol–water partition coefficient (Wildman–Crippen LogP) is 3.37. The fourth-order valence-corrected chi connectivity index (χ4v) is 3.85. The predicted molar refractivity (Wildman–Crippen MR) is 108 cm³/mol. The van der Waals surface area contributed by atoms with Crippen LogP contribution in [0.15, 0.2) is 22.7 Å². The van der Waals surface area contributed by atoms with Crippen molar-refractivity contribution in [2.45, 2.75) is 52.6 Å². The van der Waals surface area contributed by atoms with Gasteiger partial charge in [0.15, 0.2) is 5.65 Å². The number of aryl methyl sites for hydroxylation is 2. The Bertz CT molecular complexity index is 1010. The monoisotopic (exact) mass is 381 g/mol. The van der Waals surface area contributed by atoms with Gasteiger partial charge in [0.25, 0.3) is 5.91 Å². The number of pyridine rings is 1. The number of furan rings is 1. The molecule has 2 N–H and O–H groups in total. The van der Waals surface area contributed by atoms with Gasteiger partial charge in [0.1, 0.15) is 11.5 Å². The summed E-state index contributed by atoms with van der Waals surface area (Å²) in [5.41, 5.74) is 2.97. The highest BCUT2D eigenvalue weighted by molar-refractivity contribution is 6.06. The first-order chi connectivity index (χ1) is 13.4. The maximum Gasteiger partial charge on any atom is 0.252 e. The lowest BCUT2D eigenvalue weighted by Crippen LogP contribution is -2.45. The molecular formula is C21H27N5O2. The number of rotatable bonds is 4. The third-order valence-electron chi connectivity index (χ3n) is 5.25. The standard InChI is InChI=1S/C21H27N5O2/c1-12(2)26-20-18(11-23-26)17(21(27)24-15-6-5-7-22-10-15)9-19(25-20)16-8-13(3)28-14(16)4/h8-9,11-12,15,22H,5-7,10H2,1-4H3,(H,24,27). The van der Waals surface area contributed by atoms with Crippen molar-refractivity contribution in [3.63, 3.8) is 0 Å². The van der Waals surface area contributed by atoms with Gasteiger partial charge in [-0.05, 0) is 59.2 Å². The van der Waals surface area contributed by atoms with E-state index in [9.17, 15) is 4.79 Å². The Hall–Kier alpha value is -2.67. The van der Waals surface area contributed by atoms with Gasteiger partial charge in [-0.1, -0.05) is 0 Å². The minimum Gasteiger partial charge on any atom is -0.466 e. The molecule has 0 spiro atoms. The molecule has 0 bridgehead atoms. The normalized spacial score (nSPS) is 17.4. The SMILES string of the molecule is Cc1cc(-c2cc(C(=O)NC3CCCNC3)c3cnn(C(C)C)c3n2)c(C)o1. The van der Waals surface area contributed by atoms with Crippen LogP contribution in [0.25, 0.3) is 22.3 Å². The van der Waals surface area contributed by atoms with E-state index in [0.29, 0.717) is 5.56 Å². The second-order valence-corrected chi connectivity index (χ2v) is 7.82. The van der Waals surface area contributed by atoms with Crippen LogP contribution < -0.4 is 10.6 Å². The molecule has 1 unspecified atom stereocenters. The summed E-state index contributed by atoms with van der Waals surface area (Å²) in [6.45, 7) is 9.76. The van der Waals surface area contributed by atoms with E-state index in [1.54, 1.807) is 6.20 Å². The number of hydrogen-bond donors (Lipinski definition) is 2. The van der Waals surface area contributed by atoms with Gasteiger partial charge in [-0.2, -0.15) is 5.10 Å². The van der Waals surface area contributed by atoms with Crippen LogP contribution >= 0.6 is 0 Å². The molecule has 1 fully saturated rings. The zero-order chi connectivity index (χ0) is 19.8. The molecule has 28 heavy (non-hydrogen) atoms. The maximum absolute atomic E-state index is 13.2. The Morgan fingerprint density at radius 1 is 1.36 bits per heavy atom. The minimum atomic E-state index is -0.0801. The van der Waals surface area contributed by atoms with E-state index in [2.05, 4.69) is 29.6 Å². The van der Waals surface area contributed by atoms with E-state index in [1.807, 2.05) is 30.7 Å². The summed E-state index contributed by atoms with van der Waals surface area (Å²) >= 11 is 0. The Morgan fingerprint density at radius 3 is 2.82 bits per heavy atom. The number of aromatic nitrogens is 3. The van der Waals surface area contributed by atoms with Gasteiger partial charge in [-0.3, -0.25) is 4.79 Å². The third-order valence-corrected chi connectivity index (χ3v) is 5.25. The first-order valence-electron chi connectivity index (χ1n) is 9.91. The van der Waals surface area contributed by atoms with Crippen molar-refractivity contribution in [2.75, 3.05) is 13.1 Å². The molecule has 1 amide bonds. The Kier molecular flexibility index (Phi) is 4.93. The molecule has 0 aliphatic carbocycles. The van der Waals surface area contributed by atoms with Gasteiger partial charge in [-0.15, -0.1) is 0 Å². The fraction of sp³-hybridized carbons (Fsp3) is 0.476. The smallest absolute Gasteiger partial charge is 0.252 e. The highest BCUT2D eigenvalue weighted by atomic mass is 16.3. The maximum atomic E-state index is 13.2. The largest absolute Gasteiger partial charge is 0.466 e. The second-order valence-electron chi connectivity index (χ2n) is 7.82. The molecule has 3 aromatic heterocycles. The summed E-state index contributed by atoms with van der Waals surface area (Å²) in [6.07, 6.45) is 3.81. The van der Waals surface area contributed by atoms with Crippen LogP contribution in [-0.4, -0.2) is 39.8 Å². The average Bonchev–Trinajstić information content (AvgIpc) is 3.24. The van der Waals surface area contributed by atoms with Gasteiger partial charge < -0.3 is 15.1 Å². The van der Waals surface area contributed by atoms with Crippen LogP contribution in [0.5, 0.6) is 0 Å². The van der Waals surface area contributed by atoms with Gasteiger partial charge >= 0.3 is 0 Å². The van der Waals surface area contributed by atoms with Crippen molar-refractivity contribution < 1.29 is 9.21 Å². The molecule has 1 aliphatic heterocycles. The van der Waals surface area contributed by atoms with Crippen LogP contribution in [0.2, 0.25) is 0 Å². The number of carbonyl (C=O) groups excluding carboxylic acids is 1. The Labute approximate surface area is 164 Å². The number of carbonyl (C=O) groups is 1. The molecule has 0 radical (unpaired) electrons. The van der Waals surface area contributed by atoms with Crippen molar-refractivity contribution in [3.8, 4) is 11.3 Å². The number of fused-ring (bicyclic) bond motifs is 1. The number of piperidine rings is 1. The second kappa shape index (κ2) is 7.39. The van der Waals surface area contributed by atoms with E-state index in [-0.39, 0.29) is 18.0 Å². The van der Waals surface area contributed by atoms with Crippen molar-refractivity contribution in [1.82, 2.24) is 25.4 Å². The molecule has 7 heteroatoms. The van der Waals surface area contributed by atoms with Crippen molar-refractivity contribution in [2.24, 2.45) is 0 Å². The quantitative estimate of drug-likeness (QED) is 0.724. The van der Waals surface area contributed by atoms with Crippen molar-refractivity contribution in [3.05, 3.63) is 35.4 Å². The Balaban J connectivity index is 1.81. The third kappa shape index (κ3) is 3.42.